The maximum Gasteiger partial charge on any atom is 0.243 e. The van der Waals surface area contributed by atoms with Gasteiger partial charge < -0.3 is 4.90 Å². The summed E-state index contributed by atoms with van der Waals surface area (Å²) in [6.07, 6.45) is 5.91. The average molecular weight is 220 g/mol. The summed E-state index contributed by atoms with van der Waals surface area (Å²) in [4.78, 5) is 14.3. The Morgan fingerprint density at radius 1 is 1.38 bits per heavy atom. The van der Waals surface area contributed by atoms with Gasteiger partial charge in [0, 0.05) is 13.1 Å². The van der Waals surface area contributed by atoms with Crippen molar-refractivity contribution in [2.75, 3.05) is 13.1 Å². The van der Waals surface area contributed by atoms with Crippen molar-refractivity contribution in [3.63, 3.8) is 0 Å². The molecule has 1 aliphatic heterocycles. The molecule has 3 nitrogen and oxygen atoms in total. The van der Waals surface area contributed by atoms with Crippen molar-refractivity contribution in [3.8, 4) is 6.07 Å². The van der Waals surface area contributed by atoms with Gasteiger partial charge in [-0.2, -0.15) is 5.26 Å². The van der Waals surface area contributed by atoms with Crippen LogP contribution >= 0.6 is 0 Å². The molecule has 2 aliphatic rings. The monoisotopic (exact) mass is 220 g/mol. The van der Waals surface area contributed by atoms with Gasteiger partial charge in [-0.3, -0.25) is 4.79 Å². The van der Waals surface area contributed by atoms with Crippen LogP contribution in [0.4, 0.5) is 0 Å². The van der Waals surface area contributed by atoms with E-state index in [0.717, 1.165) is 45.2 Å². The van der Waals surface area contributed by atoms with Gasteiger partial charge in [0.15, 0.2) is 0 Å². The highest BCUT2D eigenvalue weighted by molar-refractivity contribution is 5.85. The van der Waals surface area contributed by atoms with Crippen LogP contribution in [0.2, 0.25) is 0 Å². The smallest absolute Gasteiger partial charge is 0.243 e. The largest absolute Gasteiger partial charge is 0.341 e. The molecule has 3 heteroatoms. The quantitative estimate of drug-likeness (QED) is 0.680. The van der Waals surface area contributed by atoms with Crippen LogP contribution in [0.25, 0.3) is 0 Å². The van der Waals surface area contributed by atoms with Crippen LogP contribution < -0.4 is 0 Å². The second kappa shape index (κ2) is 4.45. The minimum absolute atomic E-state index is 0.110. The van der Waals surface area contributed by atoms with Gasteiger partial charge >= 0.3 is 0 Å². The van der Waals surface area contributed by atoms with E-state index in [9.17, 15) is 10.1 Å². The van der Waals surface area contributed by atoms with Gasteiger partial charge in [0.25, 0.3) is 0 Å². The summed E-state index contributed by atoms with van der Waals surface area (Å²) in [5.41, 5.74) is -0.670. The molecule has 1 atom stereocenters. The Labute approximate surface area is 97.4 Å². The lowest BCUT2D eigenvalue weighted by Crippen LogP contribution is -2.46. The average Bonchev–Trinajstić information content (AvgIpc) is 2.78. The van der Waals surface area contributed by atoms with E-state index < -0.39 is 5.41 Å². The first kappa shape index (κ1) is 11.4. The summed E-state index contributed by atoms with van der Waals surface area (Å²) in [6, 6.07) is 2.30. The van der Waals surface area contributed by atoms with Crippen molar-refractivity contribution in [2.45, 2.75) is 45.4 Å². The van der Waals surface area contributed by atoms with Gasteiger partial charge in [-0.1, -0.05) is 19.8 Å². The highest BCUT2D eigenvalue weighted by atomic mass is 16.2. The minimum Gasteiger partial charge on any atom is -0.341 e. The van der Waals surface area contributed by atoms with Crippen LogP contribution in [-0.2, 0) is 4.79 Å². The summed E-state index contributed by atoms with van der Waals surface area (Å²) in [6.45, 7) is 3.89. The van der Waals surface area contributed by atoms with E-state index in [0.29, 0.717) is 5.92 Å². The third kappa shape index (κ3) is 1.93. The molecule has 0 unspecified atom stereocenters. The molecule has 0 N–H and O–H groups in total. The fourth-order valence-corrected chi connectivity index (χ4v) is 3.03. The van der Waals surface area contributed by atoms with Crippen LogP contribution in [0.3, 0.4) is 0 Å². The number of hydrogen-bond donors (Lipinski definition) is 0. The molecule has 1 saturated carbocycles. The second-order valence-electron chi connectivity index (χ2n) is 5.40. The lowest BCUT2D eigenvalue weighted by molar-refractivity contribution is -0.140. The first-order valence-corrected chi connectivity index (χ1v) is 6.38. The third-order valence-corrected chi connectivity index (χ3v) is 4.02. The first-order chi connectivity index (χ1) is 7.68. The minimum atomic E-state index is -0.670. The zero-order valence-corrected chi connectivity index (χ0v) is 10.0. The Morgan fingerprint density at radius 3 is 2.62 bits per heavy atom. The molecule has 2 fully saturated rings. The molecule has 2 rings (SSSR count). The zero-order chi connectivity index (χ0) is 11.6. The molecular formula is C13H20N2O. The fourth-order valence-electron chi connectivity index (χ4n) is 3.03. The predicted octanol–water partition coefficient (Wildman–Crippen LogP) is 2.33. The maximum atomic E-state index is 12.4. The van der Waals surface area contributed by atoms with E-state index in [1.807, 2.05) is 4.90 Å². The Balaban J connectivity index is 2.08. The summed E-state index contributed by atoms with van der Waals surface area (Å²) >= 11 is 0. The number of carbonyl (C=O) groups excluding carboxylic acids is 1. The molecule has 0 aromatic heterocycles. The normalized spacial score (nSPS) is 28.8. The fraction of sp³-hybridized carbons (Fsp3) is 0.846. The van der Waals surface area contributed by atoms with E-state index in [1.54, 1.807) is 0 Å². The molecule has 1 amide bonds. The van der Waals surface area contributed by atoms with E-state index in [-0.39, 0.29) is 5.91 Å². The van der Waals surface area contributed by atoms with Crippen LogP contribution in [-0.4, -0.2) is 23.9 Å². The maximum absolute atomic E-state index is 12.4. The number of nitriles is 1. The van der Waals surface area contributed by atoms with Crippen molar-refractivity contribution in [1.82, 2.24) is 4.90 Å². The number of piperidine rings is 1. The molecule has 0 radical (unpaired) electrons. The summed E-state index contributed by atoms with van der Waals surface area (Å²) in [5.74, 6) is 0.703. The van der Waals surface area contributed by atoms with Crippen molar-refractivity contribution >= 4 is 5.91 Å². The summed E-state index contributed by atoms with van der Waals surface area (Å²) in [7, 11) is 0. The molecule has 0 aromatic rings. The molecule has 0 bridgehead atoms. The summed E-state index contributed by atoms with van der Waals surface area (Å²) < 4.78 is 0. The van der Waals surface area contributed by atoms with Crippen LogP contribution in [0.15, 0.2) is 0 Å². The highest BCUT2D eigenvalue weighted by Gasteiger charge is 2.44. The van der Waals surface area contributed by atoms with Crippen molar-refractivity contribution < 1.29 is 4.79 Å². The molecule has 0 aromatic carbocycles. The van der Waals surface area contributed by atoms with Gasteiger partial charge in [0.1, 0.15) is 5.41 Å². The number of rotatable bonds is 1. The Hall–Kier alpha value is -1.04. The van der Waals surface area contributed by atoms with Gasteiger partial charge in [0.05, 0.1) is 6.07 Å². The lowest BCUT2D eigenvalue weighted by Gasteiger charge is -2.35. The van der Waals surface area contributed by atoms with Gasteiger partial charge in [-0.05, 0) is 31.6 Å². The van der Waals surface area contributed by atoms with Crippen molar-refractivity contribution in [1.29, 1.82) is 5.26 Å². The van der Waals surface area contributed by atoms with E-state index in [1.165, 1.54) is 6.42 Å². The number of hydrogen-bond acceptors (Lipinski definition) is 2. The topological polar surface area (TPSA) is 44.1 Å². The highest BCUT2D eigenvalue weighted by Crippen LogP contribution is 2.39. The van der Waals surface area contributed by atoms with Crippen molar-refractivity contribution in [2.24, 2.45) is 11.3 Å². The molecular weight excluding hydrogens is 200 g/mol. The molecule has 1 aliphatic carbocycles. The van der Waals surface area contributed by atoms with Gasteiger partial charge in [0.2, 0.25) is 5.91 Å². The Morgan fingerprint density at radius 2 is 2.06 bits per heavy atom. The molecule has 1 heterocycles. The second-order valence-corrected chi connectivity index (χ2v) is 5.40. The Kier molecular flexibility index (Phi) is 3.18. The number of likely N-dealkylation sites (tertiary alicyclic amines) is 1. The predicted molar refractivity (Wildman–Crippen MR) is 61.5 cm³/mol. The van der Waals surface area contributed by atoms with Crippen LogP contribution in [0.1, 0.15) is 45.4 Å². The van der Waals surface area contributed by atoms with Gasteiger partial charge in [-0.25, -0.2) is 0 Å². The van der Waals surface area contributed by atoms with Crippen molar-refractivity contribution in [3.05, 3.63) is 0 Å². The Bertz CT molecular complexity index is 312. The molecule has 88 valence electrons. The number of nitrogens with zero attached hydrogens (tertiary/aromatic N) is 2. The molecule has 0 spiro atoms. The van der Waals surface area contributed by atoms with Crippen LogP contribution in [0, 0.1) is 22.7 Å². The molecule has 1 saturated heterocycles. The van der Waals surface area contributed by atoms with Gasteiger partial charge in [-0.15, -0.1) is 0 Å². The number of carbonyl (C=O) groups is 1. The van der Waals surface area contributed by atoms with E-state index in [2.05, 4.69) is 13.0 Å². The SMILES string of the molecule is C[C@@H]1CCCN(C(=O)C2(C#N)CCCC2)C1. The third-order valence-electron chi connectivity index (χ3n) is 4.02. The van der Waals surface area contributed by atoms with E-state index in [4.69, 9.17) is 0 Å². The molecule has 16 heavy (non-hydrogen) atoms. The number of amides is 1. The van der Waals surface area contributed by atoms with Crippen LogP contribution in [0.5, 0.6) is 0 Å². The first-order valence-electron chi connectivity index (χ1n) is 6.38. The summed E-state index contributed by atoms with van der Waals surface area (Å²) in [5, 5.41) is 9.29. The standard InChI is InChI=1S/C13H20N2O/c1-11-5-4-8-15(9-11)12(16)13(10-14)6-2-3-7-13/h11H,2-9H2,1H3/t11-/m1/s1. The van der Waals surface area contributed by atoms with E-state index >= 15 is 0 Å². The zero-order valence-electron chi connectivity index (χ0n) is 10.0. The lowest BCUT2D eigenvalue weighted by atomic mass is 9.85.